The van der Waals surface area contributed by atoms with Crippen LogP contribution in [0.5, 0.6) is 0 Å². The summed E-state index contributed by atoms with van der Waals surface area (Å²) in [5, 5.41) is 7.04. The maximum Gasteiger partial charge on any atom is 0.417 e. The third kappa shape index (κ3) is 4.84. The smallest absolute Gasteiger partial charge is 0.348 e. The molecule has 9 heteroatoms. The van der Waals surface area contributed by atoms with Gasteiger partial charge in [-0.3, -0.25) is 4.79 Å². The van der Waals surface area contributed by atoms with E-state index in [0.29, 0.717) is 17.8 Å². The van der Waals surface area contributed by atoms with Crippen molar-refractivity contribution in [1.82, 2.24) is 20.1 Å². The zero-order valence-corrected chi connectivity index (χ0v) is 17.3. The molecule has 0 spiro atoms. The molecule has 3 rings (SSSR count). The first-order chi connectivity index (χ1) is 13.7. The lowest BCUT2D eigenvalue weighted by atomic mass is 10.1. The van der Waals surface area contributed by atoms with Crippen molar-refractivity contribution < 1.29 is 18.0 Å². The Morgan fingerprint density at radius 2 is 1.97 bits per heavy atom. The third-order valence-corrected chi connectivity index (χ3v) is 4.73. The minimum Gasteiger partial charge on any atom is -0.348 e. The number of nitrogens with one attached hydrogen (secondary N) is 1. The Bertz CT molecular complexity index is 1010. The highest BCUT2D eigenvalue weighted by Gasteiger charge is 2.31. The van der Waals surface area contributed by atoms with Gasteiger partial charge in [0.25, 0.3) is 5.91 Å². The number of hydrogen-bond acceptors (Lipinski definition) is 3. The lowest BCUT2D eigenvalue weighted by Crippen LogP contribution is -2.24. The molecule has 29 heavy (non-hydrogen) atoms. The van der Waals surface area contributed by atoms with E-state index in [1.807, 2.05) is 38.1 Å². The van der Waals surface area contributed by atoms with E-state index in [1.54, 1.807) is 0 Å². The molecule has 5 nitrogen and oxygen atoms in total. The van der Waals surface area contributed by atoms with Gasteiger partial charge >= 0.3 is 6.18 Å². The van der Waals surface area contributed by atoms with Crippen LogP contribution in [0.4, 0.5) is 13.2 Å². The molecule has 0 saturated carbocycles. The van der Waals surface area contributed by atoms with Crippen LogP contribution in [0.25, 0.3) is 5.82 Å². The largest absolute Gasteiger partial charge is 0.417 e. The fourth-order valence-electron chi connectivity index (χ4n) is 2.87. The first-order valence-electron chi connectivity index (χ1n) is 8.81. The van der Waals surface area contributed by atoms with E-state index in [4.69, 9.17) is 0 Å². The minimum atomic E-state index is -4.46. The van der Waals surface area contributed by atoms with Gasteiger partial charge in [-0.25, -0.2) is 9.67 Å². The summed E-state index contributed by atoms with van der Waals surface area (Å²) in [5.41, 5.74) is 1.02. The van der Waals surface area contributed by atoms with Crippen molar-refractivity contribution in [3.05, 3.63) is 75.6 Å². The number of aromatic nitrogens is 3. The molecule has 3 aromatic rings. The van der Waals surface area contributed by atoms with Crippen LogP contribution in [0.2, 0.25) is 0 Å². The Hall–Kier alpha value is -2.68. The maximum atomic E-state index is 12.8. The number of alkyl halides is 3. The zero-order valence-electron chi connectivity index (χ0n) is 15.7. The van der Waals surface area contributed by atoms with Crippen LogP contribution in [-0.4, -0.2) is 20.7 Å². The molecular weight excluding hydrogens is 449 g/mol. The summed E-state index contributed by atoms with van der Waals surface area (Å²) in [6.45, 7) is 4.09. The number of carbonyl (C=O) groups is 1. The summed E-state index contributed by atoms with van der Waals surface area (Å²) < 4.78 is 40.6. The summed E-state index contributed by atoms with van der Waals surface area (Å²) >= 11 is 3.39. The molecule has 0 radical (unpaired) electrons. The van der Waals surface area contributed by atoms with E-state index in [9.17, 15) is 18.0 Å². The normalized spacial score (nSPS) is 11.7. The number of pyridine rings is 1. The standard InChI is InChI=1S/C20H18BrF3N4O/c1-12(2)18-16(19(29)26-9-13-4-3-5-15(21)8-13)11-27-28(18)17-7-6-14(10-25-17)20(22,23)24/h3-8,10-12H,9H2,1-2H3,(H,26,29). The van der Waals surface area contributed by atoms with Crippen LogP contribution < -0.4 is 5.32 Å². The van der Waals surface area contributed by atoms with Crippen molar-refractivity contribution >= 4 is 21.8 Å². The number of amides is 1. The van der Waals surface area contributed by atoms with Gasteiger partial charge in [-0.2, -0.15) is 18.3 Å². The fraction of sp³-hybridized carbons (Fsp3) is 0.250. The summed E-state index contributed by atoms with van der Waals surface area (Å²) in [7, 11) is 0. The molecule has 2 aromatic heterocycles. The number of nitrogens with zero attached hydrogens (tertiary/aromatic N) is 3. The molecule has 1 aromatic carbocycles. The number of halogens is 4. The highest BCUT2D eigenvalue weighted by Crippen LogP contribution is 2.29. The maximum absolute atomic E-state index is 12.8. The van der Waals surface area contributed by atoms with Gasteiger partial charge < -0.3 is 5.32 Å². The summed E-state index contributed by atoms with van der Waals surface area (Å²) in [4.78, 5) is 16.6. The molecule has 0 saturated heterocycles. The van der Waals surface area contributed by atoms with E-state index < -0.39 is 11.7 Å². The van der Waals surface area contributed by atoms with E-state index in [1.165, 1.54) is 16.9 Å². The third-order valence-electron chi connectivity index (χ3n) is 4.23. The van der Waals surface area contributed by atoms with E-state index in [0.717, 1.165) is 22.3 Å². The Morgan fingerprint density at radius 1 is 1.21 bits per heavy atom. The van der Waals surface area contributed by atoms with Gasteiger partial charge in [0.15, 0.2) is 5.82 Å². The average Bonchev–Trinajstić information content (AvgIpc) is 3.11. The van der Waals surface area contributed by atoms with Crippen LogP contribution in [0, 0.1) is 0 Å². The molecule has 0 aliphatic rings. The predicted molar refractivity (Wildman–Crippen MR) is 106 cm³/mol. The average molecular weight is 467 g/mol. The molecule has 0 unspecified atom stereocenters. The van der Waals surface area contributed by atoms with Crippen molar-refractivity contribution in [2.75, 3.05) is 0 Å². The van der Waals surface area contributed by atoms with Gasteiger partial charge in [0.1, 0.15) is 0 Å². The Kier molecular flexibility index (Phi) is 6.07. The van der Waals surface area contributed by atoms with Gasteiger partial charge in [0.05, 0.1) is 23.0 Å². The van der Waals surface area contributed by atoms with Gasteiger partial charge in [-0.1, -0.05) is 41.9 Å². The zero-order chi connectivity index (χ0) is 21.2. The highest BCUT2D eigenvalue weighted by molar-refractivity contribution is 9.10. The van der Waals surface area contributed by atoms with Crippen molar-refractivity contribution in [2.45, 2.75) is 32.5 Å². The first kappa shape index (κ1) is 21.0. The van der Waals surface area contributed by atoms with Crippen molar-refractivity contribution in [3.8, 4) is 5.82 Å². The van der Waals surface area contributed by atoms with Crippen LogP contribution >= 0.6 is 15.9 Å². The van der Waals surface area contributed by atoms with Crippen LogP contribution in [0.15, 0.2) is 53.3 Å². The minimum absolute atomic E-state index is 0.104. The van der Waals surface area contributed by atoms with E-state index >= 15 is 0 Å². The summed E-state index contributed by atoms with van der Waals surface area (Å²) in [5.74, 6) is -0.201. The van der Waals surface area contributed by atoms with Gasteiger partial charge in [0.2, 0.25) is 0 Å². The predicted octanol–water partition coefficient (Wildman–Crippen LogP) is 5.10. The quantitative estimate of drug-likeness (QED) is 0.568. The van der Waals surface area contributed by atoms with Gasteiger partial charge in [-0.05, 0) is 35.7 Å². The Morgan fingerprint density at radius 3 is 2.55 bits per heavy atom. The number of rotatable bonds is 5. The second-order valence-electron chi connectivity index (χ2n) is 6.73. The van der Waals surface area contributed by atoms with E-state index in [-0.39, 0.29) is 17.6 Å². The molecule has 2 heterocycles. The SMILES string of the molecule is CC(C)c1c(C(=O)NCc2cccc(Br)c2)cnn1-c1ccc(C(F)(F)F)cn1. The van der Waals surface area contributed by atoms with Gasteiger partial charge in [-0.15, -0.1) is 0 Å². The van der Waals surface area contributed by atoms with Crippen LogP contribution in [-0.2, 0) is 12.7 Å². The molecule has 0 aliphatic carbocycles. The first-order valence-corrected chi connectivity index (χ1v) is 9.60. The Balaban J connectivity index is 1.85. The van der Waals surface area contributed by atoms with Crippen LogP contribution in [0.1, 0.15) is 46.9 Å². The molecule has 0 aliphatic heterocycles. The lowest BCUT2D eigenvalue weighted by Gasteiger charge is -2.13. The fourth-order valence-corrected chi connectivity index (χ4v) is 3.32. The van der Waals surface area contributed by atoms with Crippen LogP contribution in [0.3, 0.4) is 0 Å². The number of hydrogen-bond donors (Lipinski definition) is 1. The van der Waals surface area contributed by atoms with E-state index in [2.05, 4.69) is 31.3 Å². The summed E-state index contributed by atoms with van der Waals surface area (Å²) in [6, 6.07) is 9.75. The monoisotopic (exact) mass is 466 g/mol. The second kappa shape index (κ2) is 8.36. The Labute approximate surface area is 174 Å². The van der Waals surface area contributed by atoms with Crippen molar-refractivity contribution in [1.29, 1.82) is 0 Å². The molecule has 152 valence electrons. The molecular formula is C20H18BrF3N4O. The highest BCUT2D eigenvalue weighted by atomic mass is 79.9. The number of carbonyl (C=O) groups excluding carboxylic acids is 1. The molecule has 0 fully saturated rings. The molecule has 1 N–H and O–H groups in total. The molecule has 1 amide bonds. The number of benzene rings is 1. The lowest BCUT2D eigenvalue weighted by molar-refractivity contribution is -0.137. The summed E-state index contributed by atoms with van der Waals surface area (Å²) in [6.07, 6.45) is -2.30. The van der Waals surface area contributed by atoms with Crippen molar-refractivity contribution in [2.24, 2.45) is 0 Å². The van der Waals surface area contributed by atoms with Gasteiger partial charge in [0, 0.05) is 17.2 Å². The topological polar surface area (TPSA) is 59.8 Å². The second-order valence-corrected chi connectivity index (χ2v) is 7.64. The molecule has 0 atom stereocenters. The van der Waals surface area contributed by atoms with Crippen molar-refractivity contribution in [3.63, 3.8) is 0 Å². The molecule has 0 bridgehead atoms.